The molecule has 2 rings (SSSR count). The van der Waals surface area contributed by atoms with E-state index in [4.69, 9.17) is 11.6 Å². The summed E-state index contributed by atoms with van der Waals surface area (Å²) >= 11 is 7.64. The quantitative estimate of drug-likeness (QED) is 0.820. The van der Waals surface area contributed by atoms with E-state index < -0.39 is 0 Å². The van der Waals surface area contributed by atoms with Crippen LogP contribution in [0.2, 0.25) is 5.02 Å². The lowest BCUT2D eigenvalue weighted by molar-refractivity contribution is -0.858. The average Bonchev–Trinajstić information content (AvgIpc) is 2.54. The van der Waals surface area contributed by atoms with E-state index in [0.717, 1.165) is 39.8 Å². The number of halogens is 1. The molecule has 0 saturated heterocycles. The van der Waals surface area contributed by atoms with Crippen LogP contribution in [0.25, 0.3) is 0 Å². The summed E-state index contributed by atoms with van der Waals surface area (Å²) in [5.41, 5.74) is 1.13. The van der Waals surface area contributed by atoms with E-state index in [1.807, 2.05) is 36.4 Å². The number of hydrogen-bond acceptors (Lipinski definition) is 2. The van der Waals surface area contributed by atoms with Crippen molar-refractivity contribution in [3.8, 4) is 6.07 Å². The highest BCUT2D eigenvalue weighted by Gasteiger charge is 2.15. The van der Waals surface area contributed by atoms with Gasteiger partial charge in [0.05, 0.1) is 32.6 Å². The molecule has 0 saturated carbocycles. The van der Waals surface area contributed by atoms with E-state index in [1.165, 1.54) is 4.90 Å². The number of hydrogen-bond donors (Lipinski definition) is 1. The van der Waals surface area contributed by atoms with Gasteiger partial charge in [0.2, 0.25) is 0 Å². The second kappa shape index (κ2) is 8.98. The van der Waals surface area contributed by atoms with Crippen LogP contribution in [0.4, 0.5) is 0 Å². The Morgan fingerprint density at radius 1 is 1.13 bits per heavy atom. The third kappa shape index (κ3) is 5.58. The minimum absolute atomic E-state index is 0.0506. The van der Waals surface area contributed by atoms with Crippen molar-refractivity contribution in [2.24, 2.45) is 0 Å². The van der Waals surface area contributed by atoms with Crippen molar-refractivity contribution in [2.75, 3.05) is 20.6 Å². The number of nitriles is 1. The van der Waals surface area contributed by atoms with Gasteiger partial charge in [-0.15, -0.1) is 0 Å². The van der Waals surface area contributed by atoms with Crippen LogP contribution in [0.5, 0.6) is 0 Å². The molecule has 2 aromatic rings. The molecule has 0 spiro atoms. The lowest BCUT2D eigenvalue weighted by atomic mass is 9.95. The molecule has 0 heterocycles. The summed E-state index contributed by atoms with van der Waals surface area (Å²) in [5.74, 6) is -0.0506. The summed E-state index contributed by atoms with van der Waals surface area (Å²) in [6.45, 7) is 1.09. The molecule has 0 fully saturated rings. The second-order valence-corrected chi connectivity index (χ2v) is 7.43. The largest absolute Gasteiger partial charge is 0.340 e. The Balaban J connectivity index is 2.15. The van der Waals surface area contributed by atoms with Crippen molar-refractivity contribution < 1.29 is 4.90 Å². The summed E-state index contributed by atoms with van der Waals surface area (Å²) < 4.78 is 0. The predicted octanol–water partition coefficient (Wildman–Crippen LogP) is 4.02. The van der Waals surface area contributed by atoms with E-state index in [9.17, 15) is 5.26 Å². The molecule has 2 nitrogen and oxygen atoms in total. The van der Waals surface area contributed by atoms with Crippen LogP contribution < -0.4 is 4.90 Å². The first-order valence-corrected chi connectivity index (χ1v) is 9.00. The van der Waals surface area contributed by atoms with Gasteiger partial charge in [0.25, 0.3) is 0 Å². The lowest BCUT2D eigenvalue weighted by Gasteiger charge is -2.15. The topological polar surface area (TPSA) is 28.2 Å². The van der Waals surface area contributed by atoms with Gasteiger partial charge in [-0.05, 0) is 48.7 Å². The van der Waals surface area contributed by atoms with Crippen LogP contribution >= 0.6 is 23.4 Å². The zero-order chi connectivity index (χ0) is 16.7. The summed E-state index contributed by atoms with van der Waals surface area (Å²) in [6, 6.07) is 18.5. The standard InChI is InChI=1S/C19H21ClN2S/c1-22(2)13-5-6-15(14-21)18-7-3-4-8-19(18)23-17-11-9-16(20)10-12-17/h3-4,7-12,15H,5-6,13H2,1-2H3/p+1/t15-/m0/s1. The van der Waals surface area contributed by atoms with Crippen molar-refractivity contribution in [1.82, 2.24) is 0 Å². The zero-order valence-electron chi connectivity index (χ0n) is 13.6. The summed E-state index contributed by atoms with van der Waals surface area (Å²) in [6.07, 6.45) is 1.96. The zero-order valence-corrected chi connectivity index (χ0v) is 15.1. The molecule has 0 unspecified atom stereocenters. The van der Waals surface area contributed by atoms with Gasteiger partial charge < -0.3 is 4.90 Å². The lowest BCUT2D eigenvalue weighted by Crippen LogP contribution is -3.05. The Bertz CT molecular complexity index is 662. The first-order chi connectivity index (χ1) is 11.1. The maximum atomic E-state index is 9.59. The Labute approximate surface area is 148 Å². The molecular weight excluding hydrogens is 324 g/mol. The molecular formula is C19H22ClN2S+. The number of nitrogens with one attached hydrogen (secondary N) is 1. The van der Waals surface area contributed by atoms with E-state index >= 15 is 0 Å². The van der Waals surface area contributed by atoms with Gasteiger partial charge in [-0.25, -0.2) is 0 Å². The molecule has 23 heavy (non-hydrogen) atoms. The fraction of sp³-hybridized carbons (Fsp3) is 0.316. The highest BCUT2D eigenvalue weighted by Crippen LogP contribution is 2.35. The van der Waals surface area contributed by atoms with Gasteiger partial charge in [0, 0.05) is 14.8 Å². The molecule has 1 atom stereocenters. The van der Waals surface area contributed by atoms with Crippen molar-refractivity contribution in [3.05, 3.63) is 59.1 Å². The number of benzene rings is 2. The number of rotatable bonds is 7. The van der Waals surface area contributed by atoms with E-state index in [2.05, 4.69) is 32.3 Å². The molecule has 2 aromatic carbocycles. The molecule has 0 amide bonds. The monoisotopic (exact) mass is 345 g/mol. The van der Waals surface area contributed by atoms with Gasteiger partial charge in [-0.3, -0.25) is 0 Å². The smallest absolute Gasteiger partial charge is 0.0767 e. The first-order valence-electron chi connectivity index (χ1n) is 7.81. The summed E-state index contributed by atoms with van der Waals surface area (Å²) in [4.78, 5) is 3.71. The second-order valence-electron chi connectivity index (χ2n) is 5.87. The maximum Gasteiger partial charge on any atom is 0.0767 e. The van der Waals surface area contributed by atoms with Gasteiger partial charge >= 0.3 is 0 Å². The van der Waals surface area contributed by atoms with E-state index in [0.29, 0.717) is 0 Å². The molecule has 120 valence electrons. The molecule has 0 bridgehead atoms. The van der Waals surface area contributed by atoms with Gasteiger partial charge in [0.15, 0.2) is 0 Å². The first kappa shape index (κ1) is 17.9. The average molecular weight is 346 g/mol. The highest BCUT2D eigenvalue weighted by molar-refractivity contribution is 7.99. The molecule has 0 aliphatic carbocycles. The Morgan fingerprint density at radius 3 is 2.48 bits per heavy atom. The molecule has 0 aliphatic heterocycles. The molecule has 4 heteroatoms. The van der Waals surface area contributed by atoms with Crippen LogP contribution in [0.3, 0.4) is 0 Å². The molecule has 1 N–H and O–H groups in total. The van der Waals surface area contributed by atoms with Gasteiger partial charge in [0.1, 0.15) is 0 Å². The van der Waals surface area contributed by atoms with Crippen LogP contribution in [-0.4, -0.2) is 20.6 Å². The van der Waals surface area contributed by atoms with Gasteiger partial charge in [-0.2, -0.15) is 5.26 Å². The third-order valence-electron chi connectivity index (χ3n) is 3.66. The van der Waals surface area contributed by atoms with Crippen LogP contribution in [0, 0.1) is 11.3 Å². The fourth-order valence-electron chi connectivity index (χ4n) is 2.44. The van der Waals surface area contributed by atoms with Crippen molar-refractivity contribution in [1.29, 1.82) is 5.26 Å². The van der Waals surface area contributed by atoms with Crippen molar-refractivity contribution >= 4 is 23.4 Å². The normalized spacial score (nSPS) is 12.1. The third-order valence-corrected chi connectivity index (χ3v) is 5.01. The highest BCUT2D eigenvalue weighted by atomic mass is 35.5. The predicted molar refractivity (Wildman–Crippen MR) is 97.3 cm³/mol. The Hall–Kier alpha value is -1.47. The number of nitrogens with zero attached hydrogens (tertiary/aromatic N) is 1. The minimum atomic E-state index is -0.0506. The molecule has 0 radical (unpaired) electrons. The molecule has 0 aromatic heterocycles. The van der Waals surface area contributed by atoms with Crippen LogP contribution in [-0.2, 0) is 0 Å². The van der Waals surface area contributed by atoms with Crippen molar-refractivity contribution in [3.63, 3.8) is 0 Å². The summed E-state index contributed by atoms with van der Waals surface area (Å²) in [5, 5.41) is 10.3. The minimum Gasteiger partial charge on any atom is -0.340 e. The van der Waals surface area contributed by atoms with Gasteiger partial charge in [-0.1, -0.05) is 41.6 Å². The fourth-order valence-corrected chi connectivity index (χ4v) is 3.57. The number of quaternary nitrogens is 1. The Morgan fingerprint density at radius 2 is 1.83 bits per heavy atom. The Kier molecular flexibility index (Phi) is 6.98. The molecule has 0 aliphatic rings. The SMILES string of the molecule is C[NH+](C)CCC[C@@H](C#N)c1ccccc1Sc1ccc(Cl)cc1. The van der Waals surface area contributed by atoms with Crippen LogP contribution in [0.1, 0.15) is 24.3 Å². The van der Waals surface area contributed by atoms with E-state index in [-0.39, 0.29) is 5.92 Å². The van der Waals surface area contributed by atoms with Crippen molar-refractivity contribution in [2.45, 2.75) is 28.6 Å². The maximum absolute atomic E-state index is 9.59. The summed E-state index contributed by atoms with van der Waals surface area (Å²) in [7, 11) is 4.29. The van der Waals surface area contributed by atoms with Crippen LogP contribution in [0.15, 0.2) is 58.3 Å². The van der Waals surface area contributed by atoms with E-state index in [1.54, 1.807) is 11.8 Å².